The highest BCUT2D eigenvalue weighted by Crippen LogP contribution is 2.41. The van der Waals surface area contributed by atoms with Crippen molar-refractivity contribution in [2.75, 3.05) is 0 Å². The number of allylic oxidation sites excluding steroid dienone is 10. The SMILES string of the molecule is CC1=C(C=CC(=CC=CC(=CC=O)C(C)(C)C)C(C)(C)C)C(C)(C)CCC1. The first-order valence-electron chi connectivity index (χ1n) is 10.2. The minimum Gasteiger partial charge on any atom is -0.299 e. The summed E-state index contributed by atoms with van der Waals surface area (Å²) in [7, 11) is 0. The predicted octanol–water partition coefficient (Wildman–Crippen LogP) is 7.77. The standard InChI is InChI=1S/C26H40O/c1-20-12-11-18-26(8,9)23(20)16-15-21(24(2,3)4)13-10-14-22(17-19-27)25(5,6)7/h10,13-17,19H,11-12,18H2,1-9H3. The molecular weight excluding hydrogens is 328 g/mol. The first kappa shape index (κ1) is 23.4. The Morgan fingerprint density at radius 1 is 0.926 bits per heavy atom. The zero-order chi connectivity index (χ0) is 20.9. The number of hydrogen-bond donors (Lipinski definition) is 0. The lowest BCUT2D eigenvalue weighted by molar-refractivity contribution is -0.104. The lowest BCUT2D eigenvalue weighted by Gasteiger charge is -2.33. The van der Waals surface area contributed by atoms with Crippen LogP contribution in [-0.4, -0.2) is 6.29 Å². The normalized spacial score (nSPS) is 20.0. The van der Waals surface area contributed by atoms with E-state index >= 15 is 0 Å². The lowest BCUT2D eigenvalue weighted by atomic mass is 9.72. The van der Waals surface area contributed by atoms with E-state index in [1.807, 2.05) is 0 Å². The molecule has 0 aromatic rings. The summed E-state index contributed by atoms with van der Waals surface area (Å²) in [5.74, 6) is 0. The Hall–Kier alpha value is -1.63. The van der Waals surface area contributed by atoms with E-state index in [2.05, 4.69) is 92.7 Å². The van der Waals surface area contributed by atoms with Crippen molar-refractivity contribution in [3.8, 4) is 0 Å². The third kappa shape index (κ3) is 7.13. The highest BCUT2D eigenvalue weighted by atomic mass is 16.1. The summed E-state index contributed by atoms with van der Waals surface area (Å²) in [6.45, 7) is 20.1. The quantitative estimate of drug-likeness (QED) is 0.275. The van der Waals surface area contributed by atoms with Crippen LogP contribution in [0.15, 0.2) is 58.7 Å². The molecule has 27 heavy (non-hydrogen) atoms. The van der Waals surface area contributed by atoms with E-state index in [1.54, 1.807) is 6.08 Å². The molecule has 0 atom stereocenters. The van der Waals surface area contributed by atoms with Crippen LogP contribution in [0, 0.1) is 16.2 Å². The van der Waals surface area contributed by atoms with Gasteiger partial charge in [0.05, 0.1) is 0 Å². The Bertz CT molecular complexity index is 677. The topological polar surface area (TPSA) is 17.1 Å². The van der Waals surface area contributed by atoms with Crippen LogP contribution in [0.3, 0.4) is 0 Å². The fourth-order valence-electron chi connectivity index (χ4n) is 3.62. The second-order valence-corrected chi connectivity index (χ2v) is 10.5. The van der Waals surface area contributed by atoms with Crippen molar-refractivity contribution in [3.63, 3.8) is 0 Å². The molecule has 0 radical (unpaired) electrons. The Labute approximate surface area is 168 Å². The molecule has 0 saturated carbocycles. The van der Waals surface area contributed by atoms with Crippen molar-refractivity contribution in [2.24, 2.45) is 16.2 Å². The molecule has 150 valence electrons. The summed E-state index contributed by atoms with van der Waals surface area (Å²) < 4.78 is 0. The molecule has 0 aromatic carbocycles. The first-order valence-corrected chi connectivity index (χ1v) is 10.2. The summed E-state index contributed by atoms with van der Waals surface area (Å²) in [5, 5.41) is 0. The number of rotatable bonds is 5. The van der Waals surface area contributed by atoms with Gasteiger partial charge in [0.15, 0.2) is 0 Å². The molecule has 0 N–H and O–H groups in total. The van der Waals surface area contributed by atoms with E-state index in [9.17, 15) is 4.79 Å². The van der Waals surface area contributed by atoms with E-state index in [0.29, 0.717) is 0 Å². The predicted molar refractivity (Wildman–Crippen MR) is 120 cm³/mol. The summed E-state index contributed by atoms with van der Waals surface area (Å²) in [6, 6.07) is 0. The van der Waals surface area contributed by atoms with Crippen LogP contribution in [0.4, 0.5) is 0 Å². The van der Waals surface area contributed by atoms with Gasteiger partial charge in [-0.1, -0.05) is 91.3 Å². The van der Waals surface area contributed by atoms with E-state index < -0.39 is 0 Å². The summed E-state index contributed by atoms with van der Waals surface area (Å²) >= 11 is 0. The Balaban J connectivity index is 3.21. The highest BCUT2D eigenvalue weighted by molar-refractivity contribution is 5.67. The van der Waals surface area contributed by atoms with Crippen molar-refractivity contribution in [2.45, 2.75) is 81.6 Å². The second kappa shape index (κ2) is 9.04. The van der Waals surface area contributed by atoms with Crippen molar-refractivity contribution in [1.29, 1.82) is 0 Å². The van der Waals surface area contributed by atoms with Crippen LogP contribution in [0.5, 0.6) is 0 Å². The van der Waals surface area contributed by atoms with Gasteiger partial charge < -0.3 is 0 Å². The van der Waals surface area contributed by atoms with Crippen molar-refractivity contribution in [3.05, 3.63) is 58.7 Å². The number of hydrogen-bond acceptors (Lipinski definition) is 1. The Morgan fingerprint density at radius 3 is 1.96 bits per heavy atom. The van der Waals surface area contributed by atoms with Crippen LogP contribution in [0.1, 0.15) is 81.6 Å². The molecule has 0 aromatic heterocycles. The summed E-state index contributed by atoms with van der Waals surface area (Å²) in [6.07, 6.45) is 17.2. The average molecular weight is 369 g/mol. The monoisotopic (exact) mass is 368 g/mol. The average Bonchev–Trinajstić information content (AvgIpc) is 2.48. The van der Waals surface area contributed by atoms with Gasteiger partial charge in [0.2, 0.25) is 0 Å². The lowest BCUT2D eigenvalue weighted by Crippen LogP contribution is -2.19. The fraction of sp³-hybridized carbons (Fsp3) is 0.577. The van der Waals surface area contributed by atoms with Crippen molar-refractivity contribution < 1.29 is 4.79 Å². The zero-order valence-corrected chi connectivity index (χ0v) is 19.1. The van der Waals surface area contributed by atoms with Gasteiger partial charge in [0, 0.05) is 0 Å². The molecule has 1 nitrogen and oxygen atoms in total. The maximum atomic E-state index is 10.9. The molecule has 1 rings (SSSR count). The molecule has 1 aliphatic rings. The Morgan fingerprint density at radius 2 is 1.48 bits per heavy atom. The van der Waals surface area contributed by atoms with Crippen LogP contribution >= 0.6 is 0 Å². The van der Waals surface area contributed by atoms with Crippen molar-refractivity contribution >= 4 is 6.29 Å². The van der Waals surface area contributed by atoms with Crippen molar-refractivity contribution in [1.82, 2.24) is 0 Å². The molecular formula is C26H40O. The molecule has 0 spiro atoms. The van der Waals surface area contributed by atoms with Gasteiger partial charge in [-0.2, -0.15) is 0 Å². The van der Waals surface area contributed by atoms with Gasteiger partial charge in [-0.25, -0.2) is 0 Å². The molecule has 0 aliphatic heterocycles. The van der Waals surface area contributed by atoms with E-state index in [0.717, 1.165) is 11.9 Å². The summed E-state index contributed by atoms with van der Waals surface area (Å²) in [5.41, 5.74) is 5.61. The smallest absolute Gasteiger partial charge is 0.143 e. The van der Waals surface area contributed by atoms with Crippen LogP contribution in [0.2, 0.25) is 0 Å². The fourth-order valence-corrected chi connectivity index (χ4v) is 3.62. The molecule has 0 amide bonds. The molecule has 0 bridgehead atoms. The van der Waals surface area contributed by atoms with Crippen LogP contribution < -0.4 is 0 Å². The van der Waals surface area contributed by atoms with E-state index in [4.69, 9.17) is 0 Å². The number of carbonyl (C=O) groups is 1. The minimum absolute atomic E-state index is 0.0446. The van der Waals surface area contributed by atoms with Gasteiger partial charge >= 0.3 is 0 Å². The maximum Gasteiger partial charge on any atom is 0.143 e. The second-order valence-electron chi connectivity index (χ2n) is 10.5. The largest absolute Gasteiger partial charge is 0.299 e. The third-order valence-electron chi connectivity index (χ3n) is 5.50. The van der Waals surface area contributed by atoms with Gasteiger partial charge in [-0.15, -0.1) is 0 Å². The van der Waals surface area contributed by atoms with Crippen LogP contribution in [-0.2, 0) is 4.79 Å². The molecule has 0 fully saturated rings. The summed E-state index contributed by atoms with van der Waals surface area (Å²) in [4.78, 5) is 10.9. The van der Waals surface area contributed by atoms with Crippen LogP contribution in [0.25, 0.3) is 0 Å². The van der Waals surface area contributed by atoms with E-state index in [-0.39, 0.29) is 16.2 Å². The van der Waals surface area contributed by atoms with Gasteiger partial charge in [0.25, 0.3) is 0 Å². The van der Waals surface area contributed by atoms with Gasteiger partial charge in [-0.05, 0) is 65.2 Å². The number of carbonyl (C=O) groups excluding carboxylic acids is 1. The van der Waals surface area contributed by atoms with Gasteiger partial charge in [0.1, 0.15) is 6.29 Å². The minimum atomic E-state index is -0.0446. The number of aldehydes is 1. The molecule has 0 saturated heterocycles. The Kier molecular flexibility index (Phi) is 7.84. The molecule has 1 heteroatoms. The maximum absolute atomic E-state index is 10.9. The van der Waals surface area contributed by atoms with Gasteiger partial charge in [-0.3, -0.25) is 4.79 Å². The highest BCUT2D eigenvalue weighted by Gasteiger charge is 2.26. The first-order chi connectivity index (χ1) is 12.3. The zero-order valence-electron chi connectivity index (χ0n) is 19.1. The molecule has 1 aliphatic carbocycles. The van der Waals surface area contributed by atoms with E-state index in [1.165, 1.54) is 36.0 Å². The molecule has 0 heterocycles. The third-order valence-corrected chi connectivity index (χ3v) is 5.50. The molecule has 0 unspecified atom stereocenters.